The second-order valence-electron chi connectivity index (χ2n) is 13.2. The zero-order valence-electron chi connectivity index (χ0n) is 30.1. The van der Waals surface area contributed by atoms with Gasteiger partial charge in [0.05, 0.1) is 0 Å². The summed E-state index contributed by atoms with van der Waals surface area (Å²) >= 11 is 0. The molecule has 0 aliphatic rings. The molecule has 0 bridgehead atoms. The summed E-state index contributed by atoms with van der Waals surface area (Å²) in [7, 11) is 0. The zero-order valence-corrected chi connectivity index (χ0v) is 30.1. The monoisotopic (exact) mass is 891 g/mol. The van der Waals surface area contributed by atoms with Crippen LogP contribution in [0.4, 0.5) is 87.8 Å². The van der Waals surface area contributed by atoms with E-state index in [-0.39, 0.29) is 0 Å². The molecule has 0 amide bonds. The van der Waals surface area contributed by atoms with Gasteiger partial charge in [-0.05, 0) is 11.5 Å². The molecule has 5 aromatic carbocycles. The van der Waals surface area contributed by atoms with E-state index in [9.17, 15) is 52.7 Å². The maximum atomic E-state index is 15.4. The van der Waals surface area contributed by atoms with Crippen molar-refractivity contribution in [1.29, 1.82) is 0 Å². The van der Waals surface area contributed by atoms with Crippen LogP contribution in [-0.2, 0) is 6.54 Å². The molecule has 0 aliphatic heterocycles. The third kappa shape index (κ3) is 7.42. The van der Waals surface area contributed by atoms with Crippen molar-refractivity contribution in [2.45, 2.75) is 26.3 Å². The first-order valence-electron chi connectivity index (χ1n) is 16.7. The van der Waals surface area contributed by atoms with Crippen LogP contribution in [0, 0.1) is 116 Å². The standard InChI is InChI=1S/C24BF20.C15H18N/c26-5-1(6(27)14(35)21(42)13(5)34)25(2-7(28)15(36)22(43)16(37)8(2)29,3-9(30)17(38)23(44)18(39)10(3)31)4-11(32)19(40)24(45)20(41)12(4)33;1-13(2)15-8-10-16(11-9-15)12-14-6-4-3-5-7-14/h;3-11,13H,12H2,1-2H3/q-1;+1. The SMILES string of the molecule is CC(C)c1cc[n+](Cc2ccccc2)cc1.Fc1c(F)c(F)c([B-](c2c(F)c(F)c(F)c(F)c2F)(c2c(F)c(F)c(F)c(F)c2F)c2c(F)c(F)c(F)c(F)c2F)c(F)c1F. The van der Waals surface area contributed by atoms with Crippen LogP contribution in [0.1, 0.15) is 30.9 Å². The fourth-order valence-electron chi connectivity index (χ4n) is 6.63. The van der Waals surface area contributed by atoms with Crippen molar-refractivity contribution in [1.82, 2.24) is 0 Å². The molecule has 6 rings (SSSR count). The van der Waals surface area contributed by atoms with Gasteiger partial charge in [0.1, 0.15) is 52.7 Å². The Bertz CT molecular complexity index is 2310. The van der Waals surface area contributed by atoms with Gasteiger partial charge in [-0.2, -0.15) is 0 Å². The molecule has 0 atom stereocenters. The van der Waals surface area contributed by atoms with Crippen LogP contribution in [0.3, 0.4) is 0 Å². The maximum Gasteiger partial charge on any atom is 0.200 e. The highest BCUT2D eigenvalue weighted by atomic mass is 19.2. The highest BCUT2D eigenvalue weighted by molar-refractivity contribution is 7.20. The van der Waals surface area contributed by atoms with Gasteiger partial charge in [-0.25, -0.2) is 92.4 Å². The van der Waals surface area contributed by atoms with Gasteiger partial charge in [-0.1, -0.05) is 44.2 Å². The minimum absolute atomic E-state index is 0.603. The van der Waals surface area contributed by atoms with Crippen LogP contribution in [-0.4, -0.2) is 6.15 Å². The third-order valence-corrected chi connectivity index (χ3v) is 9.50. The first kappa shape index (κ1) is 46.0. The number of pyridine rings is 1. The fourth-order valence-corrected chi connectivity index (χ4v) is 6.63. The average Bonchev–Trinajstić information content (AvgIpc) is 3.24. The van der Waals surface area contributed by atoms with E-state index in [1.165, 1.54) is 11.1 Å². The van der Waals surface area contributed by atoms with Crippen molar-refractivity contribution in [2.75, 3.05) is 0 Å². The lowest BCUT2D eigenvalue weighted by atomic mass is 9.12. The van der Waals surface area contributed by atoms with Crippen LogP contribution >= 0.6 is 0 Å². The summed E-state index contributed by atoms with van der Waals surface area (Å²) in [6.45, 7) is 5.38. The van der Waals surface area contributed by atoms with E-state index >= 15 is 35.1 Å². The van der Waals surface area contributed by atoms with Crippen molar-refractivity contribution >= 4 is 28.0 Å². The van der Waals surface area contributed by atoms with E-state index in [0.717, 1.165) is 6.54 Å². The summed E-state index contributed by atoms with van der Waals surface area (Å²) in [6, 6.07) is 14.9. The quantitative estimate of drug-likeness (QED) is 0.0496. The molecule has 1 nitrogen and oxygen atoms in total. The van der Waals surface area contributed by atoms with Gasteiger partial charge in [-0.15, -0.1) is 21.9 Å². The number of benzene rings is 5. The Kier molecular flexibility index (Phi) is 12.9. The molecule has 0 saturated carbocycles. The first-order chi connectivity index (χ1) is 28.5. The molecule has 22 heteroatoms. The van der Waals surface area contributed by atoms with Crippen molar-refractivity contribution in [3.05, 3.63) is 182 Å². The number of aromatic nitrogens is 1. The Balaban J connectivity index is 0.000000366. The molecule has 6 aromatic rings. The maximum absolute atomic E-state index is 15.4. The van der Waals surface area contributed by atoms with Gasteiger partial charge in [0.25, 0.3) is 0 Å². The molecule has 0 saturated heterocycles. The predicted molar refractivity (Wildman–Crippen MR) is 175 cm³/mol. The zero-order chi connectivity index (χ0) is 45.7. The van der Waals surface area contributed by atoms with Crippen LogP contribution in [0.5, 0.6) is 0 Å². The van der Waals surface area contributed by atoms with Crippen LogP contribution < -0.4 is 26.4 Å². The smallest absolute Gasteiger partial charge is 0.200 e. The number of rotatable bonds is 7. The fraction of sp³-hybridized carbons (Fsp3) is 0.103. The van der Waals surface area contributed by atoms with Gasteiger partial charge >= 0.3 is 0 Å². The highest BCUT2D eigenvalue weighted by Gasteiger charge is 2.52. The minimum atomic E-state index is -7.22. The van der Waals surface area contributed by atoms with Crippen LogP contribution in [0.15, 0.2) is 54.9 Å². The second-order valence-corrected chi connectivity index (χ2v) is 13.2. The molecule has 0 aliphatic carbocycles. The largest absolute Gasteiger partial charge is 0.207 e. The predicted octanol–water partition coefficient (Wildman–Crippen LogP) is 8.99. The van der Waals surface area contributed by atoms with E-state index < -0.39 is 144 Å². The van der Waals surface area contributed by atoms with Gasteiger partial charge < -0.3 is 0 Å². The molecular weight excluding hydrogens is 873 g/mol. The molecule has 0 N–H and O–H groups in total. The Morgan fingerprint density at radius 2 is 0.574 bits per heavy atom. The topological polar surface area (TPSA) is 3.88 Å². The van der Waals surface area contributed by atoms with Crippen LogP contribution in [0.2, 0.25) is 0 Å². The van der Waals surface area contributed by atoms with Crippen LogP contribution in [0.25, 0.3) is 0 Å². The third-order valence-electron chi connectivity index (χ3n) is 9.50. The molecule has 1 heterocycles. The first-order valence-corrected chi connectivity index (χ1v) is 16.7. The van der Waals surface area contributed by atoms with E-state index in [1.807, 2.05) is 0 Å². The van der Waals surface area contributed by atoms with E-state index in [2.05, 4.69) is 73.3 Å². The summed E-state index contributed by atoms with van der Waals surface area (Å²) in [5, 5.41) is 0. The van der Waals surface area contributed by atoms with Gasteiger partial charge in [0.15, 0.2) is 88.7 Å². The van der Waals surface area contributed by atoms with E-state index in [4.69, 9.17) is 0 Å². The minimum Gasteiger partial charge on any atom is -0.207 e. The lowest BCUT2D eigenvalue weighted by molar-refractivity contribution is -0.688. The summed E-state index contributed by atoms with van der Waals surface area (Å²) in [6.07, 6.45) is -2.91. The lowest BCUT2D eigenvalue weighted by Crippen LogP contribution is -2.81. The molecule has 0 radical (unpaired) electrons. The Morgan fingerprint density at radius 3 is 0.803 bits per heavy atom. The Morgan fingerprint density at radius 1 is 0.344 bits per heavy atom. The van der Waals surface area contributed by atoms with Crippen molar-refractivity contribution in [3.8, 4) is 0 Å². The molecule has 0 spiro atoms. The Hall–Kier alpha value is -6.09. The summed E-state index contributed by atoms with van der Waals surface area (Å²) in [5.41, 5.74) is -11.6. The number of hydrogen-bond acceptors (Lipinski definition) is 0. The normalized spacial score (nSPS) is 11.7. The van der Waals surface area contributed by atoms with Gasteiger partial charge in [0.2, 0.25) is 0 Å². The summed E-state index contributed by atoms with van der Waals surface area (Å²) in [4.78, 5) is 0. The molecule has 0 fully saturated rings. The Labute approximate surface area is 329 Å². The number of halogens is 20. The van der Waals surface area contributed by atoms with Crippen molar-refractivity contribution < 1.29 is 92.4 Å². The van der Waals surface area contributed by atoms with Crippen molar-refractivity contribution in [2.24, 2.45) is 0 Å². The van der Waals surface area contributed by atoms with Gasteiger partial charge in [-0.3, -0.25) is 0 Å². The number of nitrogens with zero attached hydrogens (tertiary/aromatic N) is 1. The average molecular weight is 891 g/mol. The molecular formula is C39H18BF20N. The highest BCUT2D eigenvalue weighted by Crippen LogP contribution is 2.30. The molecule has 0 unspecified atom stereocenters. The number of hydrogen-bond donors (Lipinski definition) is 0. The second kappa shape index (κ2) is 17.1. The van der Waals surface area contributed by atoms with Gasteiger partial charge in [0, 0.05) is 17.7 Å². The van der Waals surface area contributed by atoms with E-state index in [0.29, 0.717) is 5.92 Å². The molecule has 1 aromatic heterocycles. The van der Waals surface area contributed by atoms with Crippen molar-refractivity contribution in [3.63, 3.8) is 0 Å². The lowest BCUT2D eigenvalue weighted by Gasteiger charge is -2.44. The summed E-state index contributed by atoms with van der Waals surface area (Å²) in [5.74, 6) is -70.8. The summed E-state index contributed by atoms with van der Waals surface area (Å²) < 4.78 is 296. The molecule has 61 heavy (non-hydrogen) atoms. The molecule has 322 valence electrons. The van der Waals surface area contributed by atoms with E-state index in [1.54, 1.807) is 0 Å².